The van der Waals surface area contributed by atoms with Crippen molar-refractivity contribution < 1.29 is 24.2 Å². The van der Waals surface area contributed by atoms with Gasteiger partial charge in [-0.15, -0.1) is 0 Å². The van der Waals surface area contributed by atoms with E-state index in [4.69, 9.17) is 14.6 Å². The molecule has 1 saturated carbocycles. The molecule has 1 amide bonds. The van der Waals surface area contributed by atoms with Gasteiger partial charge in [0.2, 0.25) is 12.8 Å². The molecule has 6 rings (SSSR count). The number of fused-ring (bicyclic) bond motifs is 4. The van der Waals surface area contributed by atoms with E-state index in [2.05, 4.69) is 27.1 Å². The first-order valence-corrected chi connectivity index (χ1v) is 13.2. The molecule has 3 atom stereocenters. The molecule has 38 heavy (non-hydrogen) atoms. The molecular formula is C28H31N5O5. The molecule has 10 heteroatoms. The van der Waals surface area contributed by atoms with E-state index in [1.54, 1.807) is 18.2 Å². The molecule has 2 aromatic carbocycles. The fraction of sp³-hybridized carbons (Fsp3) is 0.429. The van der Waals surface area contributed by atoms with Gasteiger partial charge in [0.25, 0.3) is 5.91 Å². The number of benzene rings is 2. The molecular weight excluding hydrogens is 486 g/mol. The summed E-state index contributed by atoms with van der Waals surface area (Å²) in [5.74, 6) is 1.35. The maximum absolute atomic E-state index is 13.3. The van der Waals surface area contributed by atoms with Gasteiger partial charge in [-0.05, 0) is 72.6 Å². The molecule has 1 fully saturated rings. The number of aliphatic imine (C=N–C) groups is 1. The number of aryl methyl sites for hydroxylation is 1. The van der Waals surface area contributed by atoms with Crippen LogP contribution < -0.4 is 25.5 Å². The van der Waals surface area contributed by atoms with E-state index in [0.717, 1.165) is 62.4 Å². The summed E-state index contributed by atoms with van der Waals surface area (Å²) in [6, 6.07) is 10.4. The average molecular weight is 518 g/mol. The lowest BCUT2D eigenvalue weighted by Crippen LogP contribution is -2.32. The summed E-state index contributed by atoms with van der Waals surface area (Å²) in [7, 11) is 0. The molecule has 2 aliphatic heterocycles. The second-order valence-corrected chi connectivity index (χ2v) is 10.2. The number of carbonyl (C=O) groups excluding carboxylic acids is 1. The summed E-state index contributed by atoms with van der Waals surface area (Å²) >= 11 is 0. The molecule has 3 unspecified atom stereocenters. The second-order valence-electron chi connectivity index (χ2n) is 10.2. The topological polar surface area (TPSA) is 134 Å². The molecule has 0 saturated heterocycles. The Labute approximate surface area is 220 Å². The average Bonchev–Trinajstić information content (AvgIpc) is 3.68. The largest absolute Gasteiger partial charge is 0.481 e. The molecule has 10 nitrogen and oxygen atoms in total. The number of aliphatic carboxylic acids is 1. The summed E-state index contributed by atoms with van der Waals surface area (Å²) in [4.78, 5) is 29.3. The van der Waals surface area contributed by atoms with Crippen LogP contribution in [0, 0.1) is 5.92 Å². The molecule has 4 aliphatic rings. The van der Waals surface area contributed by atoms with Crippen LogP contribution in [0.25, 0.3) is 0 Å². The second kappa shape index (κ2) is 10.4. The Bertz CT molecular complexity index is 1320. The van der Waals surface area contributed by atoms with Crippen LogP contribution in [0.4, 0.5) is 0 Å². The fourth-order valence-electron chi connectivity index (χ4n) is 6.04. The number of hydrogen-bond acceptors (Lipinski definition) is 8. The van der Waals surface area contributed by atoms with Gasteiger partial charge in [0.15, 0.2) is 11.5 Å². The lowest BCUT2D eigenvalue weighted by atomic mass is 9.85. The van der Waals surface area contributed by atoms with Gasteiger partial charge >= 0.3 is 5.97 Å². The number of nitrogens with zero attached hydrogens (tertiary/aromatic N) is 2. The Morgan fingerprint density at radius 1 is 1.11 bits per heavy atom. The first kappa shape index (κ1) is 24.3. The van der Waals surface area contributed by atoms with E-state index < -0.39 is 12.0 Å². The lowest BCUT2D eigenvalue weighted by Gasteiger charge is -2.21. The van der Waals surface area contributed by atoms with Crippen molar-refractivity contribution in [1.82, 2.24) is 16.1 Å². The number of ether oxygens (including phenoxy) is 2. The molecule has 0 radical (unpaired) electrons. The van der Waals surface area contributed by atoms with Crippen LogP contribution in [-0.4, -0.2) is 48.5 Å². The van der Waals surface area contributed by atoms with Crippen LogP contribution in [0.15, 0.2) is 46.5 Å². The van der Waals surface area contributed by atoms with Crippen molar-refractivity contribution in [3.8, 4) is 11.5 Å². The smallest absolute Gasteiger partial charge is 0.305 e. The third kappa shape index (κ3) is 4.90. The Kier molecular flexibility index (Phi) is 6.61. The van der Waals surface area contributed by atoms with Gasteiger partial charge < -0.3 is 25.2 Å². The van der Waals surface area contributed by atoms with Crippen molar-refractivity contribution in [1.29, 1.82) is 0 Å². The Morgan fingerprint density at radius 3 is 2.82 bits per heavy atom. The van der Waals surface area contributed by atoms with E-state index in [0.29, 0.717) is 34.5 Å². The van der Waals surface area contributed by atoms with E-state index in [-0.39, 0.29) is 19.1 Å². The summed E-state index contributed by atoms with van der Waals surface area (Å²) in [6.45, 7) is 1.72. The van der Waals surface area contributed by atoms with E-state index in [1.807, 2.05) is 12.1 Å². The monoisotopic (exact) mass is 517 g/mol. The van der Waals surface area contributed by atoms with Gasteiger partial charge in [0, 0.05) is 23.7 Å². The number of carboxylic acid groups (broad SMARTS) is 1. The van der Waals surface area contributed by atoms with Crippen LogP contribution in [0.3, 0.4) is 0 Å². The van der Waals surface area contributed by atoms with Crippen molar-refractivity contribution in [3.63, 3.8) is 0 Å². The third-order valence-corrected chi connectivity index (χ3v) is 7.86. The number of hydrazone groups is 1. The fourth-order valence-corrected chi connectivity index (χ4v) is 6.04. The van der Waals surface area contributed by atoms with Crippen molar-refractivity contribution in [2.75, 3.05) is 19.9 Å². The number of hydrogen-bond donors (Lipinski definition) is 4. The van der Waals surface area contributed by atoms with Gasteiger partial charge in [0.1, 0.15) is 0 Å². The summed E-state index contributed by atoms with van der Waals surface area (Å²) < 4.78 is 10.8. The van der Waals surface area contributed by atoms with E-state index in [1.165, 1.54) is 5.56 Å². The van der Waals surface area contributed by atoms with Gasteiger partial charge in [-0.1, -0.05) is 18.6 Å². The van der Waals surface area contributed by atoms with Crippen LogP contribution in [0.1, 0.15) is 71.1 Å². The Morgan fingerprint density at radius 2 is 1.97 bits per heavy atom. The molecule has 0 spiro atoms. The first-order chi connectivity index (χ1) is 18.5. The normalized spacial score (nSPS) is 23.1. The third-order valence-electron chi connectivity index (χ3n) is 7.86. The standard InChI is InChI=1S/C28H31N5O5/c34-26(35)14-23(17-6-9-24-25(13-17)38-15-37-24)31-27(36)18-4-7-19-16(12-18)5-8-22(21-3-1-2-20(19)21)32-33-28-29-10-11-30-28/h4,6-7,9,12-13,20-21,23H,1-3,5,8,10-11,14-15H2,(H,31,36)(H,34,35)(H2,29,30,33)/b32-22+. The molecule has 2 heterocycles. The van der Waals surface area contributed by atoms with Gasteiger partial charge in [0.05, 0.1) is 19.0 Å². The predicted octanol–water partition coefficient (Wildman–Crippen LogP) is 3.10. The zero-order valence-electron chi connectivity index (χ0n) is 21.0. The molecule has 2 aliphatic carbocycles. The molecule has 0 bridgehead atoms. The van der Waals surface area contributed by atoms with Crippen molar-refractivity contribution >= 4 is 23.5 Å². The minimum atomic E-state index is -0.999. The van der Waals surface area contributed by atoms with Crippen molar-refractivity contribution in [2.45, 2.75) is 50.5 Å². The molecule has 4 N–H and O–H groups in total. The highest BCUT2D eigenvalue weighted by Gasteiger charge is 2.36. The maximum atomic E-state index is 13.3. The van der Waals surface area contributed by atoms with Crippen molar-refractivity contribution in [3.05, 3.63) is 58.7 Å². The van der Waals surface area contributed by atoms with Gasteiger partial charge in [-0.2, -0.15) is 5.10 Å². The summed E-state index contributed by atoms with van der Waals surface area (Å²) in [5, 5.41) is 20.4. The first-order valence-electron chi connectivity index (χ1n) is 13.2. The number of nitrogens with one attached hydrogen (secondary N) is 3. The predicted molar refractivity (Wildman–Crippen MR) is 141 cm³/mol. The van der Waals surface area contributed by atoms with Crippen LogP contribution in [0.2, 0.25) is 0 Å². The van der Waals surface area contributed by atoms with Gasteiger partial charge in [-0.3, -0.25) is 9.59 Å². The van der Waals surface area contributed by atoms with Crippen LogP contribution >= 0.6 is 0 Å². The Balaban J connectivity index is 1.22. The number of amides is 1. The van der Waals surface area contributed by atoms with Gasteiger partial charge in [-0.25, -0.2) is 10.4 Å². The number of guanidine groups is 1. The summed E-state index contributed by atoms with van der Waals surface area (Å²) in [5.41, 5.74) is 7.91. The zero-order chi connectivity index (χ0) is 26.1. The highest BCUT2D eigenvalue weighted by Crippen LogP contribution is 2.45. The summed E-state index contributed by atoms with van der Waals surface area (Å²) in [6.07, 6.45) is 4.74. The molecule has 2 aromatic rings. The minimum Gasteiger partial charge on any atom is -0.481 e. The van der Waals surface area contributed by atoms with Crippen LogP contribution in [0.5, 0.6) is 11.5 Å². The van der Waals surface area contributed by atoms with Crippen LogP contribution in [-0.2, 0) is 11.2 Å². The maximum Gasteiger partial charge on any atom is 0.305 e. The number of rotatable bonds is 6. The quantitative estimate of drug-likeness (QED) is 0.433. The zero-order valence-corrected chi connectivity index (χ0v) is 21.0. The lowest BCUT2D eigenvalue weighted by molar-refractivity contribution is -0.137. The van der Waals surface area contributed by atoms with Crippen molar-refractivity contribution in [2.24, 2.45) is 16.0 Å². The minimum absolute atomic E-state index is 0.125. The molecule has 198 valence electrons. The number of carboxylic acids is 1. The highest BCUT2D eigenvalue weighted by molar-refractivity contribution is 5.95. The SMILES string of the molecule is O=C(O)CC(NC(=O)c1ccc2c(c1)CC/C(=N\NC1=NCCN1)C1CCCC21)c1ccc2c(c1)OCO2. The highest BCUT2D eigenvalue weighted by atomic mass is 16.7. The Hall–Kier alpha value is -4.08. The van der Waals surface area contributed by atoms with E-state index >= 15 is 0 Å². The number of carbonyl (C=O) groups is 2. The van der Waals surface area contributed by atoms with E-state index in [9.17, 15) is 14.7 Å². The molecule has 0 aromatic heterocycles.